The molecule has 2 unspecified atom stereocenters. The average Bonchev–Trinajstić information content (AvgIpc) is 4.19. The van der Waals surface area contributed by atoms with E-state index in [1.165, 1.54) is 25.3 Å². The van der Waals surface area contributed by atoms with Gasteiger partial charge < -0.3 is 49.7 Å². The zero-order valence-electron chi connectivity index (χ0n) is 37.0. The Morgan fingerprint density at radius 1 is 0.846 bits per heavy atom. The van der Waals surface area contributed by atoms with E-state index in [2.05, 4.69) is 63.4 Å². The first-order valence-electron chi connectivity index (χ1n) is 22.6. The van der Waals surface area contributed by atoms with Gasteiger partial charge >= 0.3 is 12.2 Å². The molecule has 338 valence electrons. The van der Waals surface area contributed by atoms with Gasteiger partial charge in [0.1, 0.15) is 23.7 Å². The number of hydrogen-bond donors (Lipinski definition) is 4. The fourth-order valence-electron chi connectivity index (χ4n) is 10.5. The molecular formula is C49H54N8O8. The predicted molar refractivity (Wildman–Crippen MR) is 242 cm³/mol. The highest BCUT2D eigenvalue weighted by Gasteiger charge is 2.54. The molecule has 4 aromatic carbocycles. The summed E-state index contributed by atoms with van der Waals surface area (Å²) in [7, 11) is 2.57. The number of hydrogen-bond acceptors (Lipinski definition) is 11. The van der Waals surface area contributed by atoms with Gasteiger partial charge in [0, 0.05) is 18.4 Å². The summed E-state index contributed by atoms with van der Waals surface area (Å²) in [5.74, 6) is -0.0799. The van der Waals surface area contributed by atoms with E-state index in [0.29, 0.717) is 31.7 Å². The first-order chi connectivity index (χ1) is 31.5. The zero-order valence-corrected chi connectivity index (χ0v) is 37.0. The van der Waals surface area contributed by atoms with Crippen molar-refractivity contribution in [2.75, 3.05) is 40.5 Å². The van der Waals surface area contributed by atoms with Gasteiger partial charge in [0.15, 0.2) is 5.79 Å². The van der Waals surface area contributed by atoms with Gasteiger partial charge in [-0.1, -0.05) is 80.6 Å². The molecule has 3 fully saturated rings. The molecule has 3 saturated heterocycles. The number of carbonyl (C=O) groups excluding carboxylic acids is 4. The molecule has 1 aliphatic carbocycles. The van der Waals surface area contributed by atoms with E-state index >= 15 is 0 Å². The number of amidine groups is 1. The number of aliphatic imine (C=N–C) groups is 1. The lowest BCUT2D eigenvalue weighted by Crippen LogP contribution is -2.55. The van der Waals surface area contributed by atoms with Crippen LogP contribution in [0.25, 0.3) is 32.9 Å². The smallest absolute Gasteiger partial charge is 0.407 e. The number of aromatic amines is 1. The molecule has 16 nitrogen and oxygen atoms in total. The number of amides is 4. The summed E-state index contributed by atoms with van der Waals surface area (Å²) < 4.78 is 22.0. The summed E-state index contributed by atoms with van der Waals surface area (Å²) in [4.78, 5) is 70.4. The third kappa shape index (κ3) is 7.81. The number of imidazole rings is 1. The number of carbonyl (C=O) groups is 4. The Morgan fingerprint density at radius 2 is 1.60 bits per heavy atom. The van der Waals surface area contributed by atoms with Crippen LogP contribution < -0.4 is 16.0 Å². The number of H-pyrrole nitrogens is 1. The summed E-state index contributed by atoms with van der Waals surface area (Å²) in [5.41, 5.74) is 7.02. The van der Waals surface area contributed by atoms with E-state index in [-0.39, 0.29) is 42.4 Å². The van der Waals surface area contributed by atoms with Crippen molar-refractivity contribution in [3.63, 3.8) is 0 Å². The number of rotatable bonds is 9. The lowest BCUT2D eigenvalue weighted by molar-refractivity contribution is -0.153. The first-order valence-corrected chi connectivity index (χ1v) is 22.6. The van der Waals surface area contributed by atoms with Crippen molar-refractivity contribution >= 4 is 51.6 Å². The molecule has 4 amide bonds. The number of nitrogens with one attached hydrogen (secondary N) is 4. The Kier molecular flexibility index (Phi) is 11.2. The van der Waals surface area contributed by atoms with E-state index in [0.717, 1.165) is 70.3 Å². The molecule has 65 heavy (non-hydrogen) atoms. The minimum atomic E-state index is -0.918. The molecule has 4 aliphatic heterocycles. The molecule has 5 aromatic rings. The molecule has 6 atom stereocenters. The maximum atomic E-state index is 14.2. The monoisotopic (exact) mass is 882 g/mol. The Balaban J connectivity index is 0.891. The van der Waals surface area contributed by atoms with Crippen LogP contribution in [-0.4, -0.2) is 114 Å². The molecule has 0 saturated carbocycles. The van der Waals surface area contributed by atoms with Gasteiger partial charge in [-0.3, -0.25) is 14.6 Å². The van der Waals surface area contributed by atoms with Crippen LogP contribution in [0.15, 0.2) is 83.9 Å². The van der Waals surface area contributed by atoms with Crippen molar-refractivity contribution in [1.29, 1.82) is 0 Å². The second kappa shape index (κ2) is 17.1. The van der Waals surface area contributed by atoms with Gasteiger partial charge in [-0.2, -0.15) is 0 Å². The number of aryl methyl sites for hydroxylation is 1. The van der Waals surface area contributed by atoms with E-state index in [1.54, 1.807) is 4.90 Å². The van der Waals surface area contributed by atoms with Crippen LogP contribution in [0.1, 0.15) is 80.2 Å². The van der Waals surface area contributed by atoms with E-state index in [1.807, 2.05) is 55.1 Å². The lowest BCUT2D eigenvalue weighted by atomic mass is 9.83. The summed E-state index contributed by atoms with van der Waals surface area (Å²) in [6, 6.07) is 24.0. The number of nitrogens with zero attached hydrogens (tertiary/aromatic N) is 4. The zero-order chi connectivity index (χ0) is 45.0. The molecule has 10 rings (SSSR count). The molecule has 1 spiro atoms. The van der Waals surface area contributed by atoms with E-state index in [9.17, 15) is 19.2 Å². The molecule has 4 N–H and O–H groups in total. The number of methoxy groups -OCH3 is 2. The highest BCUT2D eigenvalue weighted by atomic mass is 16.7. The van der Waals surface area contributed by atoms with Crippen molar-refractivity contribution in [1.82, 2.24) is 35.7 Å². The third-order valence-corrected chi connectivity index (χ3v) is 13.8. The van der Waals surface area contributed by atoms with Crippen LogP contribution in [0.4, 0.5) is 9.59 Å². The number of benzene rings is 4. The van der Waals surface area contributed by atoms with Crippen molar-refractivity contribution < 1.29 is 38.1 Å². The summed E-state index contributed by atoms with van der Waals surface area (Å²) in [5, 5.41) is 11.2. The molecule has 0 bridgehead atoms. The molecular weight excluding hydrogens is 829 g/mol. The largest absolute Gasteiger partial charge is 0.453 e. The second-order valence-corrected chi connectivity index (χ2v) is 18.0. The van der Waals surface area contributed by atoms with Gasteiger partial charge in [0.2, 0.25) is 5.91 Å². The highest BCUT2D eigenvalue weighted by molar-refractivity contribution is 6.05. The average molecular weight is 883 g/mol. The molecule has 1 aromatic heterocycles. The predicted octanol–water partition coefficient (Wildman–Crippen LogP) is 6.23. The molecule has 16 heteroatoms. The molecule has 5 aliphatic rings. The van der Waals surface area contributed by atoms with Crippen molar-refractivity contribution in [2.24, 2.45) is 10.9 Å². The minimum absolute atomic E-state index is 0.0782. The van der Waals surface area contributed by atoms with E-state index in [4.69, 9.17) is 28.9 Å². The van der Waals surface area contributed by atoms with Crippen LogP contribution in [0.2, 0.25) is 0 Å². The fraction of sp³-hybridized carbons (Fsp3) is 0.429. The molecule has 5 heterocycles. The molecule has 0 radical (unpaired) electrons. The van der Waals surface area contributed by atoms with E-state index < -0.39 is 36.1 Å². The number of likely N-dealkylation sites (tertiary alicyclic amines) is 2. The Morgan fingerprint density at radius 3 is 2.37 bits per heavy atom. The number of alkyl carbamates (subject to hydrolysis) is 2. The fourth-order valence-corrected chi connectivity index (χ4v) is 10.5. The van der Waals surface area contributed by atoms with Crippen LogP contribution >= 0.6 is 0 Å². The number of aromatic nitrogens is 2. The van der Waals surface area contributed by atoms with Gasteiger partial charge in [0.05, 0.1) is 69.2 Å². The Labute approximate surface area is 376 Å². The Hall–Kier alpha value is -6.52. The van der Waals surface area contributed by atoms with Crippen LogP contribution in [0.5, 0.6) is 0 Å². The maximum absolute atomic E-state index is 14.2. The maximum Gasteiger partial charge on any atom is 0.407 e. The highest BCUT2D eigenvalue weighted by Crippen LogP contribution is 2.42. The summed E-state index contributed by atoms with van der Waals surface area (Å²) in [6.07, 6.45) is 2.42. The number of ether oxygens (including phenoxy) is 4. The van der Waals surface area contributed by atoms with Gasteiger partial charge in [-0.15, -0.1) is 0 Å². The minimum Gasteiger partial charge on any atom is -0.453 e. The quantitative estimate of drug-likeness (QED) is 0.132. The van der Waals surface area contributed by atoms with Crippen molar-refractivity contribution in [2.45, 2.75) is 88.0 Å². The third-order valence-electron chi connectivity index (χ3n) is 13.8. The van der Waals surface area contributed by atoms with Crippen LogP contribution in [0, 0.1) is 5.92 Å². The lowest BCUT2D eigenvalue weighted by Gasteiger charge is -2.31. The van der Waals surface area contributed by atoms with Gasteiger partial charge in [-0.05, 0) is 76.9 Å². The van der Waals surface area contributed by atoms with Gasteiger partial charge in [-0.25, -0.2) is 14.6 Å². The summed E-state index contributed by atoms with van der Waals surface area (Å²) >= 11 is 0. The van der Waals surface area contributed by atoms with Crippen molar-refractivity contribution in [3.8, 4) is 11.1 Å². The number of fused-ring (bicyclic) bond motifs is 6. The van der Waals surface area contributed by atoms with Crippen LogP contribution in [0.3, 0.4) is 0 Å². The normalized spacial score (nSPS) is 22.9. The first kappa shape index (κ1) is 42.4. The van der Waals surface area contributed by atoms with Crippen LogP contribution in [-0.2, 0) is 35.0 Å². The summed E-state index contributed by atoms with van der Waals surface area (Å²) in [6.45, 7) is 5.48. The standard InChI is InChI=1S/C49H54N8O8/c1-27(2)39(54-47(60)62-3)45(58)57-26-49(64-21-22-65-49)25-38(57)44-51-36-19-15-32-24-30(13-17-34(32)42(36)53-44)29-12-16-33-31(23-29)14-18-35-41(33)52-43(50-35)37-11-8-20-56(37)46(59)40(55-48(61)63-4)28-9-6-5-7-10-28/h5-7,9-10,12-14,16-18,23-24,27,36-40,42H,8,11,15,19-22,25-26H2,1-4H3,(H,50,52)(H,51,53)(H,54,60)(H,55,61)/t36?,37-,38-,39-,40+,42?/m0/s1. The topological polar surface area (TPSA) is 189 Å². The van der Waals surface area contributed by atoms with Gasteiger partial charge in [0.25, 0.3) is 5.91 Å². The second-order valence-electron chi connectivity index (χ2n) is 18.0. The SMILES string of the molecule is COC(=O)N[C@H](C(=O)N1CC2(C[C@H]1C1=NC3c4ccc(-c5ccc6c(ccc7[nH]c([C@@H]8CCCN8C(=O)[C@H](NC(=O)OC)c8ccccc8)nc76)c5)cc4CCC3N1)OCCO2)C(C)C. The van der Waals surface area contributed by atoms with Crippen molar-refractivity contribution in [3.05, 3.63) is 101 Å². The Bertz CT molecular complexity index is 2700.